The number of hydrogen-bond donors (Lipinski definition) is 0. The van der Waals surface area contributed by atoms with Gasteiger partial charge in [-0.15, -0.1) is 0 Å². The molecule has 0 saturated carbocycles. The molecular formula is C44H27N. The minimum atomic E-state index is 1.19. The van der Waals surface area contributed by atoms with Gasteiger partial charge < -0.3 is 4.57 Å². The average Bonchev–Trinajstić information content (AvgIpc) is 3.44. The molecule has 0 spiro atoms. The van der Waals surface area contributed by atoms with Crippen LogP contribution >= 0.6 is 0 Å². The van der Waals surface area contributed by atoms with Gasteiger partial charge >= 0.3 is 0 Å². The fraction of sp³-hybridized carbons (Fsp3) is 0. The first kappa shape index (κ1) is 24.5. The molecule has 208 valence electrons. The number of aromatic nitrogens is 1. The molecule has 45 heavy (non-hydrogen) atoms. The van der Waals surface area contributed by atoms with Crippen molar-refractivity contribution in [1.82, 2.24) is 4.57 Å². The van der Waals surface area contributed by atoms with Crippen LogP contribution in [-0.4, -0.2) is 4.57 Å². The molecule has 9 aromatic rings. The Bertz CT molecular complexity index is 2570. The van der Waals surface area contributed by atoms with E-state index in [1.165, 1.54) is 93.5 Å². The smallest absolute Gasteiger partial charge is 0.0541 e. The van der Waals surface area contributed by atoms with Crippen molar-refractivity contribution in [1.29, 1.82) is 0 Å². The van der Waals surface area contributed by atoms with Gasteiger partial charge in [0, 0.05) is 16.5 Å². The monoisotopic (exact) mass is 569 g/mol. The minimum absolute atomic E-state index is 1.19. The van der Waals surface area contributed by atoms with Crippen molar-refractivity contribution in [3.8, 4) is 50.2 Å². The van der Waals surface area contributed by atoms with Gasteiger partial charge in [0.25, 0.3) is 0 Å². The summed E-state index contributed by atoms with van der Waals surface area (Å²) in [5.41, 5.74) is 14.2. The second kappa shape index (κ2) is 9.29. The molecule has 0 unspecified atom stereocenters. The zero-order valence-electron chi connectivity index (χ0n) is 24.5. The number of fused-ring (bicyclic) bond motifs is 9. The van der Waals surface area contributed by atoms with Crippen LogP contribution in [0.2, 0.25) is 0 Å². The summed E-state index contributed by atoms with van der Waals surface area (Å²) in [6, 6.07) is 60.0. The lowest BCUT2D eigenvalue weighted by molar-refractivity contribution is 1.19. The van der Waals surface area contributed by atoms with E-state index in [-0.39, 0.29) is 0 Å². The lowest BCUT2D eigenvalue weighted by Crippen LogP contribution is -2.05. The van der Waals surface area contributed by atoms with Crippen LogP contribution in [0.5, 0.6) is 0 Å². The second-order valence-corrected chi connectivity index (χ2v) is 12.1. The normalized spacial score (nSPS) is 12.0. The molecule has 10 rings (SSSR count). The number of nitrogens with zero attached hydrogens (tertiary/aromatic N) is 1. The Balaban J connectivity index is 1.26. The maximum Gasteiger partial charge on any atom is 0.0541 e. The Kier molecular flexibility index (Phi) is 5.06. The molecule has 1 nitrogen and oxygen atoms in total. The first-order valence-electron chi connectivity index (χ1n) is 15.6. The first-order chi connectivity index (χ1) is 22.3. The Labute approximate surface area is 261 Å². The third-order valence-corrected chi connectivity index (χ3v) is 9.68. The van der Waals surface area contributed by atoms with Crippen LogP contribution in [0.1, 0.15) is 0 Å². The van der Waals surface area contributed by atoms with Gasteiger partial charge in [-0.1, -0.05) is 127 Å². The summed E-state index contributed by atoms with van der Waals surface area (Å²) in [6.07, 6.45) is 0. The van der Waals surface area contributed by atoms with Gasteiger partial charge in [-0.05, 0) is 102 Å². The van der Waals surface area contributed by atoms with E-state index in [2.05, 4.69) is 168 Å². The van der Waals surface area contributed by atoms with E-state index in [0.29, 0.717) is 0 Å². The van der Waals surface area contributed by atoms with Gasteiger partial charge in [-0.2, -0.15) is 0 Å². The summed E-state index contributed by atoms with van der Waals surface area (Å²) >= 11 is 0. The van der Waals surface area contributed by atoms with Gasteiger partial charge in [0.15, 0.2) is 0 Å². The molecule has 1 aliphatic carbocycles. The highest BCUT2D eigenvalue weighted by atomic mass is 15.0. The fourth-order valence-corrected chi connectivity index (χ4v) is 7.76. The van der Waals surface area contributed by atoms with Crippen molar-refractivity contribution in [2.75, 3.05) is 0 Å². The van der Waals surface area contributed by atoms with Gasteiger partial charge in [0.2, 0.25) is 0 Å². The number of hydrogen-bond acceptors (Lipinski definition) is 0. The minimum Gasteiger partial charge on any atom is -0.309 e. The standard InChI is InChI=1S/C44H27N/c1-3-13-28(14-4-1)41-35-19-7-8-20-36(35)42(29-15-5-2-6-16-29)44-38-27-31-25-32(24-23-30(31)26-37(38)43(41)44)45-39-21-11-9-17-33(39)34-18-10-12-22-40(34)45/h1-27H. The molecule has 0 atom stereocenters. The van der Waals surface area contributed by atoms with E-state index in [9.17, 15) is 0 Å². The summed E-state index contributed by atoms with van der Waals surface area (Å²) in [4.78, 5) is 0. The Hall–Kier alpha value is -5.92. The maximum atomic E-state index is 2.43. The molecule has 0 aliphatic heterocycles. The van der Waals surface area contributed by atoms with E-state index in [4.69, 9.17) is 0 Å². The number of rotatable bonds is 3. The molecule has 0 saturated heterocycles. The highest BCUT2D eigenvalue weighted by Crippen LogP contribution is 2.59. The topological polar surface area (TPSA) is 4.93 Å². The van der Waals surface area contributed by atoms with Gasteiger partial charge in [-0.25, -0.2) is 0 Å². The van der Waals surface area contributed by atoms with Gasteiger partial charge in [-0.3, -0.25) is 0 Å². The molecule has 8 aromatic carbocycles. The van der Waals surface area contributed by atoms with Crippen LogP contribution in [-0.2, 0) is 0 Å². The van der Waals surface area contributed by atoms with Crippen molar-refractivity contribution < 1.29 is 0 Å². The summed E-state index contributed by atoms with van der Waals surface area (Å²) in [5, 5.41) is 7.68. The van der Waals surface area contributed by atoms with Crippen molar-refractivity contribution in [3.05, 3.63) is 164 Å². The summed E-state index contributed by atoms with van der Waals surface area (Å²) in [6.45, 7) is 0. The summed E-state index contributed by atoms with van der Waals surface area (Å²) < 4.78 is 2.41. The Morgan fingerprint density at radius 1 is 0.311 bits per heavy atom. The highest BCUT2D eigenvalue weighted by molar-refractivity contribution is 6.26. The summed E-state index contributed by atoms with van der Waals surface area (Å²) in [5.74, 6) is 0. The van der Waals surface area contributed by atoms with Crippen molar-refractivity contribution >= 4 is 43.4 Å². The Morgan fingerprint density at radius 3 is 1.29 bits per heavy atom. The number of benzene rings is 8. The third kappa shape index (κ3) is 3.44. The van der Waals surface area contributed by atoms with E-state index in [1.54, 1.807) is 0 Å². The predicted molar refractivity (Wildman–Crippen MR) is 191 cm³/mol. The molecule has 1 aromatic heterocycles. The molecule has 0 bridgehead atoms. The first-order valence-corrected chi connectivity index (χ1v) is 15.6. The largest absolute Gasteiger partial charge is 0.309 e. The number of para-hydroxylation sites is 2. The molecule has 1 heterocycles. The predicted octanol–water partition coefficient (Wildman–Crippen LogP) is 12.1. The van der Waals surface area contributed by atoms with Crippen molar-refractivity contribution in [2.24, 2.45) is 0 Å². The van der Waals surface area contributed by atoms with Crippen LogP contribution in [0.15, 0.2) is 164 Å². The van der Waals surface area contributed by atoms with E-state index in [1.807, 2.05) is 0 Å². The quantitative estimate of drug-likeness (QED) is 0.199. The van der Waals surface area contributed by atoms with E-state index < -0.39 is 0 Å². The molecule has 1 heteroatoms. The fourth-order valence-electron chi connectivity index (χ4n) is 7.76. The average molecular weight is 570 g/mol. The Morgan fingerprint density at radius 2 is 0.756 bits per heavy atom. The van der Waals surface area contributed by atoms with Crippen LogP contribution in [0.25, 0.3) is 93.5 Å². The molecule has 0 N–H and O–H groups in total. The van der Waals surface area contributed by atoms with Crippen molar-refractivity contribution in [2.45, 2.75) is 0 Å². The zero-order valence-corrected chi connectivity index (χ0v) is 24.5. The molecule has 0 amide bonds. The van der Waals surface area contributed by atoms with Gasteiger partial charge in [0.1, 0.15) is 0 Å². The molecule has 0 fully saturated rings. The van der Waals surface area contributed by atoms with Crippen molar-refractivity contribution in [3.63, 3.8) is 0 Å². The molecule has 1 aliphatic rings. The van der Waals surface area contributed by atoms with Crippen LogP contribution in [0, 0.1) is 0 Å². The highest BCUT2D eigenvalue weighted by Gasteiger charge is 2.32. The van der Waals surface area contributed by atoms with Crippen LogP contribution in [0.4, 0.5) is 0 Å². The lowest BCUT2D eigenvalue weighted by atomic mass is 9.70. The second-order valence-electron chi connectivity index (χ2n) is 12.1. The lowest BCUT2D eigenvalue weighted by Gasteiger charge is -2.32. The third-order valence-electron chi connectivity index (χ3n) is 9.68. The van der Waals surface area contributed by atoms with E-state index in [0.717, 1.165) is 0 Å². The molecule has 0 radical (unpaired) electrons. The SMILES string of the molecule is c1ccc(-c2c3c(c(-c4ccccc4)c4ccccc24)-c2cc4cc(-n5c6ccccc6c6ccccc65)ccc4cc2-3)cc1. The van der Waals surface area contributed by atoms with Gasteiger partial charge in [0.05, 0.1) is 11.0 Å². The van der Waals surface area contributed by atoms with Crippen LogP contribution in [0.3, 0.4) is 0 Å². The van der Waals surface area contributed by atoms with E-state index >= 15 is 0 Å². The molecular weight excluding hydrogens is 542 g/mol. The maximum absolute atomic E-state index is 2.43. The summed E-state index contributed by atoms with van der Waals surface area (Å²) in [7, 11) is 0. The zero-order chi connectivity index (χ0) is 29.5. The van der Waals surface area contributed by atoms with Crippen LogP contribution < -0.4 is 0 Å².